The van der Waals surface area contributed by atoms with Gasteiger partial charge in [0.15, 0.2) is 0 Å². The molecule has 3 heterocycles. The molecule has 0 bridgehead atoms. The van der Waals surface area contributed by atoms with Crippen LogP contribution >= 0.6 is 0 Å². The highest BCUT2D eigenvalue weighted by atomic mass is 16.5. The second-order valence-corrected chi connectivity index (χ2v) is 5.98. The van der Waals surface area contributed by atoms with Gasteiger partial charge in [0.2, 0.25) is 11.7 Å². The molecule has 0 radical (unpaired) electrons. The third-order valence-electron chi connectivity index (χ3n) is 3.82. The Morgan fingerprint density at radius 3 is 2.96 bits per heavy atom. The Morgan fingerprint density at radius 2 is 2.23 bits per heavy atom. The van der Waals surface area contributed by atoms with E-state index < -0.39 is 0 Å². The molecule has 3 rings (SSSR count). The Balaban J connectivity index is 1.37. The van der Waals surface area contributed by atoms with Gasteiger partial charge in [0.25, 0.3) is 0 Å². The molecule has 0 aliphatic heterocycles. The van der Waals surface area contributed by atoms with Crippen LogP contribution in [-0.4, -0.2) is 37.5 Å². The van der Waals surface area contributed by atoms with Crippen LogP contribution < -0.4 is 0 Å². The lowest BCUT2D eigenvalue weighted by molar-refractivity contribution is -0.144. The van der Waals surface area contributed by atoms with Crippen LogP contribution in [0.3, 0.4) is 0 Å². The predicted molar refractivity (Wildman–Crippen MR) is 93.1 cm³/mol. The molecule has 0 atom stereocenters. The number of pyridine rings is 1. The van der Waals surface area contributed by atoms with E-state index in [-0.39, 0.29) is 5.97 Å². The largest absolute Gasteiger partial charge is 0.466 e. The molecular formula is C18H21N5O3. The molecule has 26 heavy (non-hydrogen) atoms. The number of hydrogen-bond acceptors (Lipinski definition) is 7. The molecule has 0 unspecified atom stereocenters. The van der Waals surface area contributed by atoms with Crippen LogP contribution in [0.25, 0.3) is 11.4 Å². The van der Waals surface area contributed by atoms with E-state index >= 15 is 0 Å². The van der Waals surface area contributed by atoms with Crippen LogP contribution in [0.4, 0.5) is 0 Å². The Labute approximate surface area is 151 Å². The van der Waals surface area contributed by atoms with Gasteiger partial charge in [-0.15, -0.1) is 0 Å². The van der Waals surface area contributed by atoms with Gasteiger partial charge in [-0.3, -0.25) is 14.5 Å². The van der Waals surface area contributed by atoms with Crippen molar-refractivity contribution < 1.29 is 14.1 Å². The standard InChI is InChI=1S/C18H21N5O3/c1-13-11-14(2)23(21-13)9-7-17(24)25-10-4-6-16-20-18(22-26-16)15-5-3-8-19-12-15/h3,5,8,11-12H,4,6-7,9-10H2,1-2H3. The maximum Gasteiger partial charge on any atom is 0.307 e. The SMILES string of the molecule is Cc1cc(C)n(CCC(=O)OCCCc2nc(-c3cccnc3)no2)n1. The fourth-order valence-corrected chi connectivity index (χ4v) is 2.55. The zero-order valence-corrected chi connectivity index (χ0v) is 14.9. The number of ether oxygens (including phenoxy) is 1. The van der Waals surface area contributed by atoms with Crippen molar-refractivity contribution in [2.24, 2.45) is 0 Å². The highest BCUT2D eigenvalue weighted by Crippen LogP contribution is 2.14. The first-order valence-corrected chi connectivity index (χ1v) is 8.51. The zero-order chi connectivity index (χ0) is 18.4. The second-order valence-electron chi connectivity index (χ2n) is 5.98. The summed E-state index contributed by atoms with van der Waals surface area (Å²) in [7, 11) is 0. The Hall–Kier alpha value is -3.03. The number of hydrogen-bond donors (Lipinski definition) is 0. The summed E-state index contributed by atoms with van der Waals surface area (Å²) < 4.78 is 12.3. The molecule has 0 spiro atoms. The molecule has 3 aromatic rings. The van der Waals surface area contributed by atoms with E-state index in [0.29, 0.717) is 44.1 Å². The third kappa shape index (κ3) is 4.75. The molecular weight excluding hydrogens is 334 g/mol. The van der Waals surface area contributed by atoms with E-state index in [0.717, 1.165) is 17.0 Å². The first-order chi connectivity index (χ1) is 12.6. The average molecular weight is 355 g/mol. The van der Waals surface area contributed by atoms with E-state index in [2.05, 4.69) is 20.2 Å². The third-order valence-corrected chi connectivity index (χ3v) is 3.82. The molecule has 3 aromatic heterocycles. The van der Waals surface area contributed by atoms with Crippen molar-refractivity contribution in [2.75, 3.05) is 6.61 Å². The van der Waals surface area contributed by atoms with Gasteiger partial charge in [0.05, 0.1) is 25.3 Å². The number of carbonyl (C=O) groups is 1. The van der Waals surface area contributed by atoms with E-state index in [9.17, 15) is 4.79 Å². The summed E-state index contributed by atoms with van der Waals surface area (Å²) in [4.78, 5) is 20.2. The van der Waals surface area contributed by atoms with Crippen LogP contribution in [0.15, 0.2) is 35.1 Å². The molecule has 8 heteroatoms. The van der Waals surface area contributed by atoms with Crippen LogP contribution in [0.1, 0.15) is 30.1 Å². The van der Waals surface area contributed by atoms with E-state index in [1.54, 1.807) is 12.4 Å². The molecule has 0 saturated carbocycles. The summed E-state index contributed by atoms with van der Waals surface area (Å²) in [6.45, 7) is 4.74. The molecule has 0 fully saturated rings. The van der Waals surface area contributed by atoms with Crippen molar-refractivity contribution >= 4 is 5.97 Å². The van der Waals surface area contributed by atoms with Crippen molar-refractivity contribution in [1.29, 1.82) is 0 Å². The summed E-state index contributed by atoms with van der Waals surface area (Å²) >= 11 is 0. The molecule has 0 N–H and O–H groups in total. The van der Waals surface area contributed by atoms with Gasteiger partial charge in [-0.05, 0) is 38.5 Å². The topological polar surface area (TPSA) is 95.9 Å². The van der Waals surface area contributed by atoms with Gasteiger partial charge in [-0.1, -0.05) is 5.16 Å². The predicted octanol–water partition coefficient (Wildman–Crippen LogP) is 2.51. The Bertz CT molecular complexity index is 857. The van der Waals surface area contributed by atoms with Gasteiger partial charge in [-0.25, -0.2) is 0 Å². The monoisotopic (exact) mass is 355 g/mol. The van der Waals surface area contributed by atoms with Crippen molar-refractivity contribution in [2.45, 2.75) is 39.7 Å². The minimum atomic E-state index is -0.237. The Morgan fingerprint density at radius 1 is 1.35 bits per heavy atom. The molecule has 0 aromatic carbocycles. The van der Waals surface area contributed by atoms with Crippen LogP contribution in [0.2, 0.25) is 0 Å². The van der Waals surface area contributed by atoms with Gasteiger partial charge in [0.1, 0.15) is 0 Å². The highest BCUT2D eigenvalue weighted by Gasteiger charge is 2.10. The second kappa shape index (κ2) is 8.37. The fourth-order valence-electron chi connectivity index (χ4n) is 2.55. The normalized spacial score (nSPS) is 10.8. The lowest BCUT2D eigenvalue weighted by Crippen LogP contribution is -2.12. The maximum atomic E-state index is 11.8. The summed E-state index contributed by atoms with van der Waals surface area (Å²) in [5.74, 6) is 0.789. The first-order valence-electron chi connectivity index (χ1n) is 8.51. The number of rotatable bonds is 8. The van der Waals surface area contributed by atoms with Crippen molar-refractivity contribution in [3.8, 4) is 11.4 Å². The number of nitrogens with zero attached hydrogens (tertiary/aromatic N) is 5. The Kier molecular flexibility index (Phi) is 5.73. The number of esters is 1. The smallest absolute Gasteiger partial charge is 0.307 e. The average Bonchev–Trinajstić information content (AvgIpc) is 3.24. The lowest BCUT2D eigenvalue weighted by Gasteiger charge is -2.05. The van der Waals surface area contributed by atoms with Gasteiger partial charge in [0, 0.05) is 30.1 Å². The van der Waals surface area contributed by atoms with Crippen molar-refractivity contribution in [3.63, 3.8) is 0 Å². The molecule has 0 saturated heterocycles. The number of aromatic nitrogens is 5. The molecule has 0 aliphatic rings. The molecule has 0 amide bonds. The fraction of sp³-hybridized carbons (Fsp3) is 0.389. The summed E-state index contributed by atoms with van der Waals surface area (Å²) in [5.41, 5.74) is 2.79. The van der Waals surface area contributed by atoms with E-state index in [1.807, 2.05) is 36.7 Å². The summed E-state index contributed by atoms with van der Waals surface area (Å²) in [6.07, 6.45) is 4.85. The van der Waals surface area contributed by atoms with Crippen LogP contribution in [-0.2, 0) is 22.5 Å². The van der Waals surface area contributed by atoms with Crippen LogP contribution in [0, 0.1) is 13.8 Å². The zero-order valence-electron chi connectivity index (χ0n) is 14.9. The summed E-state index contributed by atoms with van der Waals surface area (Å²) in [6, 6.07) is 5.67. The number of carbonyl (C=O) groups excluding carboxylic acids is 1. The molecule has 0 aliphatic carbocycles. The number of aryl methyl sites for hydroxylation is 4. The van der Waals surface area contributed by atoms with Gasteiger partial charge < -0.3 is 9.26 Å². The van der Waals surface area contributed by atoms with Crippen molar-refractivity contribution in [1.82, 2.24) is 24.9 Å². The molecule has 136 valence electrons. The summed E-state index contributed by atoms with van der Waals surface area (Å²) in [5, 5.41) is 8.25. The van der Waals surface area contributed by atoms with Crippen molar-refractivity contribution in [3.05, 3.63) is 47.9 Å². The van der Waals surface area contributed by atoms with E-state index in [4.69, 9.17) is 9.26 Å². The van der Waals surface area contributed by atoms with Crippen LogP contribution in [0.5, 0.6) is 0 Å². The van der Waals surface area contributed by atoms with E-state index in [1.165, 1.54) is 0 Å². The minimum absolute atomic E-state index is 0.237. The highest BCUT2D eigenvalue weighted by molar-refractivity contribution is 5.69. The minimum Gasteiger partial charge on any atom is -0.466 e. The quantitative estimate of drug-likeness (QED) is 0.452. The van der Waals surface area contributed by atoms with Gasteiger partial charge in [-0.2, -0.15) is 10.1 Å². The lowest BCUT2D eigenvalue weighted by atomic mass is 10.3. The maximum absolute atomic E-state index is 11.8. The first kappa shape index (κ1) is 17.8. The van der Waals surface area contributed by atoms with Gasteiger partial charge >= 0.3 is 5.97 Å². The molecule has 8 nitrogen and oxygen atoms in total.